The molecule has 0 aliphatic carbocycles. The summed E-state index contributed by atoms with van der Waals surface area (Å²) in [6, 6.07) is 5.12. The largest absolute Gasteiger partial charge is 0.465 e. The quantitative estimate of drug-likeness (QED) is 0.482. The summed E-state index contributed by atoms with van der Waals surface area (Å²) < 4.78 is 10.5. The topological polar surface area (TPSA) is 125 Å². The first-order valence-corrected chi connectivity index (χ1v) is 10.7. The van der Waals surface area contributed by atoms with Crippen LogP contribution in [0.4, 0.5) is 5.95 Å². The summed E-state index contributed by atoms with van der Waals surface area (Å²) in [7, 11) is 2.96. The Balaban J connectivity index is 1.48. The van der Waals surface area contributed by atoms with Crippen LogP contribution in [0, 0.1) is 0 Å². The second-order valence-electron chi connectivity index (χ2n) is 7.55. The molecule has 1 amide bonds. The van der Waals surface area contributed by atoms with E-state index < -0.39 is 5.97 Å². The van der Waals surface area contributed by atoms with Crippen molar-refractivity contribution in [1.29, 1.82) is 0 Å². The molecule has 2 atom stereocenters. The molecular formula is C21H25ClN6O4. The number of aryl methyl sites for hydroxylation is 1. The van der Waals surface area contributed by atoms with Gasteiger partial charge in [-0.25, -0.2) is 14.8 Å². The molecule has 3 N–H and O–H groups in total. The van der Waals surface area contributed by atoms with Crippen LogP contribution in [0.25, 0.3) is 11.0 Å². The monoisotopic (exact) mass is 460 g/mol. The Morgan fingerprint density at radius 3 is 2.78 bits per heavy atom. The summed E-state index contributed by atoms with van der Waals surface area (Å²) in [5.41, 5.74) is 2.43. The Bertz CT molecular complexity index is 1140. The van der Waals surface area contributed by atoms with Gasteiger partial charge in [0.15, 0.2) is 11.0 Å². The van der Waals surface area contributed by atoms with E-state index >= 15 is 0 Å². The zero-order valence-corrected chi connectivity index (χ0v) is 18.8. The molecule has 0 radical (unpaired) electrons. The first-order valence-electron chi connectivity index (χ1n) is 10.3. The van der Waals surface area contributed by atoms with Gasteiger partial charge in [0.05, 0.1) is 36.0 Å². The van der Waals surface area contributed by atoms with E-state index in [4.69, 9.17) is 21.1 Å². The number of nitrogens with zero attached hydrogens (tertiary/aromatic N) is 3. The Morgan fingerprint density at radius 1 is 1.28 bits per heavy atom. The summed E-state index contributed by atoms with van der Waals surface area (Å²) >= 11 is 6.06. The predicted octanol–water partition coefficient (Wildman–Crippen LogP) is 2.31. The summed E-state index contributed by atoms with van der Waals surface area (Å²) in [4.78, 5) is 41.7. The van der Waals surface area contributed by atoms with Gasteiger partial charge in [-0.15, -0.1) is 0 Å². The van der Waals surface area contributed by atoms with E-state index in [1.807, 2.05) is 17.9 Å². The molecule has 1 unspecified atom stereocenters. The predicted molar refractivity (Wildman–Crippen MR) is 119 cm³/mol. The number of rotatable bonds is 6. The van der Waals surface area contributed by atoms with Crippen LogP contribution in [0.5, 0.6) is 0 Å². The molecule has 0 bridgehead atoms. The number of aromatic amines is 2. The van der Waals surface area contributed by atoms with Gasteiger partial charge in [0.2, 0.25) is 5.95 Å². The van der Waals surface area contributed by atoms with Gasteiger partial charge < -0.3 is 29.7 Å². The molecule has 2 aromatic heterocycles. The van der Waals surface area contributed by atoms with Gasteiger partial charge in [-0.2, -0.15) is 0 Å². The number of anilines is 1. The van der Waals surface area contributed by atoms with Crippen LogP contribution >= 0.6 is 11.6 Å². The molecule has 0 spiro atoms. The highest BCUT2D eigenvalue weighted by molar-refractivity contribution is 6.30. The van der Waals surface area contributed by atoms with Crippen molar-refractivity contribution in [3.8, 4) is 0 Å². The average molecular weight is 461 g/mol. The van der Waals surface area contributed by atoms with Gasteiger partial charge in [-0.05, 0) is 25.0 Å². The number of piperidine rings is 1. The smallest absolute Gasteiger partial charge is 0.340 e. The fraction of sp³-hybridized carbons (Fsp3) is 0.429. The lowest BCUT2D eigenvalue weighted by atomic mass is 10.0. The number of carbonyl (C=O) groups excluding carboxylic acids is 2. The van der Waals surface area contributed by atoms with E-state index in [0.717, 1.165) is 11.2 Å². The van der Waals surface area contributed by atoms with Crippen LogP contribution in [0.2, 0.25) is 5.15 Å². The second kappa shape index (κ2) is 9.17. The molecule has 11 heteroatoms. The van der Waals surface area contributed by atoms with E-state index in [1.165, 1.54) is 7.11 Å². The molecule has 1 aliphatic rings. The molecule has 1 fully saturated rings. The van der Waals surface area contributed by atoms with Crippen molar-refractivity contribution in [1.82, 2.24) is 25.3 Å². The van der Waals surface area contributed by atoms with Crippen molar-refractivity contribution in [2.45, 2.75) is 31.9 Å². The number of nitrogens with one attached hydrogen (secondary N) is 3. The number of carbonyl (C=O) groups is 2. The lowest BCUT2D eigenvalue weighted by molar-refractivity contribution is 0.0536. The van der Waals surface area contributed by atoms with Gasteiger partial charge >= 0.3 is 5.97 Å². The maximum absolute atomic E-state index is 12.7. The van der Waals surface area contributed by atoms with Crippen LogP contribution in [-0.4, -0.2) is 71.3 Å². The lowest BCUT2D eigenvalue weighted by Gasteiger charge is -2.37. The average Bonchev–Trinajstić information content (AvgIpc) is 3.41. The number of methoxy groups -OCH3 is 2. The van der Waals surface area contributed by atoms with Crippen molar-refractivity contribution in [2.75, 3.05) is 32.2 Å². The number of aromatic nitrogens is 4. The minimum atomic E-state index is -0.436. The Hall–Kier alpha value is -3.11. The molecular weight excluding hydrogens is 436 g/mol. The zero-order chi connectivity index (χ0) is 22.8. The van der Waals surface area contributed by atoms with Crippen LogP contribution in [0.15, 0.2) is 18.2 Å². The van der Waals surface area contributed by atoms with Gasteiger partial charge in [-0.1, -0.05) is 24.6 Å². The number of halogens is 1. The van der Waals surface area contributed by atoms with Gasteiger partial charge in [0.25, 0.3) is 5.91 Å². The SMILES string of the molecule is CCc1[nH]c(C(=O)N[C@@H]2CCN(c3nc4c(C(=O)OC)cccc4[nH]3)CC2OC)nc1Cl. The minimum absolute atomic E-state index is 0.191. The van der Waals surface area contributed by atoms with E-state index in [0.29, 0.717) is 48.1 Å². The molecule has 10 nitrogen and oxygen atoms in total. The van der Waals surface area contributed by atoms with Crippen molar-refractivity contribution in [2.24, 2.45) is 0 Å². The number of hydrogen-bond donors (Lipinski definition) is 3. The molecule has 170 valence electrons. The lowest BCUT2D eigenvalue weighted by Crippen LogP contribution is -2.55. The number of amides is 1. The summed E-state index contributed by atoms with van der Waals surface area (Å²) in [6.45, 7) is 3.08. The minimum Gasteiger partial charge on any atom is -0.465 e. The number of H-pyrrole nitrogens is 2. The number of benzene rings is 1. The molecule has 0 saturated carbocycles. The van der Waals surface area contributed by atoms with Crippen molar-refractivity contribution < 1.29 is 19.1 Å². The first kappa shape index (κ1) is 22.1. The summed E-state index contributed by atoms with van der Waals surface area (Å²) in [5, 5.41) is 3.31. The van der Waals surface area contributed by atoms with Crippen molar-refractivity contribution >= 4 is 40.5 Å². The van der Waals surface area contributed by atoms with Gasteiger partial charge in [0, 0.05) is 20.2 Å². The molecule has 1 saturated heterocycles. The van der Waals surface area contributed by atoms with Crippen LogP contribution in [0.1, 0.15) is 40.0 Å². The summed E-state index contributed by atoms with van der Waals surface area (Å²) in [5.74, 6) is 0.0676. The maximum Gasteiger partial charge on any atom is 0.340 e. The molecule has 32 heavy (non-hydrogen) atoms. The van der Waals surface area contributed by atoms with E-state index in [-0.39, 0.29) is 23.9 Å². The number of esters is 1. The van der Waals surface area contributed by atoms with E-state index in [9.17, 15) is 9.59 Å². The van der Waals surface area contributed by atoms with E-state index in [2.05, 4.69) is 25.3 Å². The number of imidazole rings is 2. The second-order valence-corrected chi connectivity index (χ2v) is 7.91. The van der Waals surface area contributed by atoms with Gasteiger partial charge in [-0.3, -0.25) is 4.79 Å². The number of para-hydroxylation sites is 1. The fourth-order valence-corrected chi connectivity index (χ4v) is 4.19. The number of fused-ring (bicyclic) bond motifs is 1. The highest BCUT2D eigenvalue weighted by atomic mass is 35.5. The maximum atomic E-state index is 12.7. The summed E-state index contributed by atoms with van der Waals surface area (Å²) in [6.07, 6.45) is 1.03. The molecule has 1 aliphatic heterocycles. The third-order valence-corrected chi connectivity index (χ3v) is 5.99. The van der Waals surface area contributed by atoms with Crippen LogP contribution in [-0.2, 0) is 15.9 Å². The van der Waals surface area contributed by atoms with Crippen LogP contribution < -0.4 is 10.2 Å². The highest BCUT2D eigenvalue weighted by Gasteiger charge is 2.33. The Labute approximate surface area is 189 Å². The number of hydrogen-bond acceptors (Lipinski definition) is 7. The van der Waals surface area contributed by atoms with Crippen molar-refractivity contribution in [3.05, 3.63) is 40.4 Å². The fourth-order valence-electron chi connectivity index (χ4n) is 3.92. The molecule has 3 aromatic rings. The molecule has 4 rings (SSSR count). The highest BCUT2D eigenvalue weighted by Crippen LogP contribution is 2.25. The Kier molecular flexibility index (Phi) is 6.33. The Morgan fingerprint density at radius 2 is 2.09 bits per heavy atom. The third kappa shape index (κ3) is 4.15. The first-order chi connectivity index (χ1) is 15.4. The molecule has 3 heterocycles. The normalized spacial score (nSPS) is 18.7. The standard InChI is InChI=1S/C21H25ClN6O4/c1-4-12-17(22)27-18(23-12)19(29)24-13-8-9-28(10-15(13)31-2)21-25-14-7-5-6-11(16(14)26-21)20(30)32-3/h5-7,13,15H,4,8-10H2,1-3H3,(H,23,27)(H,24,29)(H,25,26)/t13-,15?/m1/s1. The number of ether oxygens (including phenoxy) is 2. The van der Waals surface area contributed by atoms with Crippen molar-refractivity contribution in [3.63, 3.8) is 0 Å². The molecule has 1 aromatic carbocycles. The van der Waals surface area contributed by atoms with Gasteiger partial charge in [0.1, 0.15) is 5.52 Å². The van der Waals surface area contributed by atoms with E-state index in [1.54, 1.807) is 19.2 Å². The third-order valence-electron chi connectivity index (χ3n) is 5.68. The zero-order valence-electron chi connectivity index (χ0n) is 18.1. The van der Waals surface area contributed by atoms with Crippen LogP contribution in [0.3, 0.4) is 0 Å².